The first kappa shape index (κ1) is 64.5. The monoisotopic (exact) mass is 1060 g/mol. The van der Waals surface area contributed by atoms with Gasteiger partial charge >= 0.3 is 33.3 Å². The van der Waals surface area contributed by atoms with Crippen molar-refractivity contribution in [3.63, 3.8) is 0 Å². The number of nitrogens with two attached hydrogens (primary N) is 1. The highest BCUT2D eigenvalue weighted by atomic mass is 31.3. The van der Waals surface area contributed by atoms with Gasteiger partial charge in [0, 0.05) is 19.0 Å². The van der Waals surface area contributed by atoms with Crippen LogP contribution in [-0.4, -0.2) is 96.9 Å². The van der Waals surface area contributed by atoms with E-state index in [2.05, 4.69) is 64.8 Å². The Morgan fingerprint density at radius 2 is 1.25 bits per heavy atom. The first-order valence-corrected chi connectivity index (χ1v) is 28.0. The van der Waals surface area contributed by atoms with Gasteiger partial charge in [-0.2, -0.15) is 9.29 Å². The number of phosphoric ester groups is 2. The molecule has 73 heavy (non-hydrogen) atoms. The Bertz CT molecular complexity index is 2170. The second-order valence-corrected chi connectivity index (χ2v) is 19.8. The number of ether oxygens (including phenoxy) is 3. The number of aliphatic hydroxyl groups is 3. The zero-order valence-electron chi connectivity index (χ0n) is 42.2. The van der Waals surface area contributed by atoms with Crippen molar-refractivity contribution in [1.82, 2.24) is 9.55 Å². The maximum Gasteiger partial charge on any atom is 0.481 e. The third kappa shape index (κ3) is 31.7. The van der Waals surface area contributed by atoms with Gasteiger partial charge in [-0.1, -0.05) is 136 Å². The number of phosphoric acid groups is 2. The Balaban J connectivity index is 1.87. The van der Waals surface area contributed by atoms with Crippen LogP contribution in [0.25, 0.3) is 0 Å². The molecule has 7 N–H and O–H groups in total. The van der Waals surface area contributed by atoms with Crippen LogP contribution in [0, 0.1) is 0 Å². The maximum absolute atomic E-state index is 12.8. The molecule has 21 heteroatoms. The molecule has 0 radical (unpaired) electrons. The number of carbonyl (C=O) groups excluding carboxylic acids is 2. The summed E-state index contributed by atoms with van der Waals surface area (Å²) in [5.74, 6) is -1.47. The van der Waals surface area contributed by atoms with Crippen molar-refractivity contribution in [3.05, 3.63) is 132 Å². The van der Waals surface area contributed by atoms with E-state index in [1.807, 2.05) is 61.6 Å². The van der Waals surface area contributed by atoms with Crippen LogP contribution in [-0.2, 0) is 46.3 Å². The molecule has 0 aliphatic carbocycles. The third-order valence-electron chi connectivity index (χ3n) is 10.5. The third-order valence-corrected chi connectivity index (χ3v) is 13.1. The number of allylic oxidation sites excluding steroid dienone is 17. The quantitative estimate of drug-likeness (QED) is 0.0118. The van der Waals surface area contributed by atoms with Crippen molar-refractivity contribution in [2.24, 2.45) is 0 Å². The molecule has 1 aliphatic heterocycles. The van der Waals surface area contributed by atoms with Crippen molar-refractivity contribution in [3.8, 4) is 0 Å². The lowest BCUT2D eigenvalue weighted by Gasteiger charge is -2.21. The summed E-state index contributed by atoms with van der Waals surface area (Å²) < 4.78 is 56.6. The van der Waals surface area contributed by atoms with E-state index in [-0.39, 0.29) is 18.7 Å². The summed E-state index contributed by atoms with van der Waals surface area (Å²) in [7, 11) is -10.9. The lowest BCUT2D eigenvalue weighted by Crippen LogP contribution is -2.36. The number of unbranched alkanes of at least 4 members (excludes halogenated alkanes) is 5. The summed E-state index contributed by atoms with van der Waals surface area (Å²) in [6, 6.07) is 1.24. The van der Waals surface area contributed by atoms with E-state index >= 15 is 0 Å². The molecule has 1 fully saturated rings. The van der Waals surface area contributed by atoms with Gasteiger partial charge < -0.3 is 45.1 Å². The topological polar surface area (TPSA) is 286 Å². The van der Waals surface area contributed by atoms with Gasteiger partial charge in [0.05, 0.1) is 19.3 Å². The van der Waals surface area contributed by atoms with E-state index in [9.17, 15) is 48.6 Å². The number of anilines is 1. The molecule has 0 spiro atoms. The van der Waals surface area contributed by atoms with Gasteiger partial charge in [-0.05, 0) is 89.5 Å². The molecule has 2 heterocycles. The van der Waals surface area contributed by atoms with E-state index in [0.29, 0.717) is 38.5 Å². The fourth-order valence-corrected chi connectivity index (χ4v) is 8.58. The number of nitrogen functional groups attached to an aromatic ring is 1. The molecule has 8 atom stereocenters. The molecule has 2 rings (SSSR count). The SMILES string of the molecule is CCCCC/C=C\C/C=C\C/C=C\C/C=C\CCCC(=O)OC[C@H](COP(=O)(O)OP(=O)(O)OC[C@H]1O[C@@H](n2ccc(N)nc2=O)[C@H](O)[C@@H]1O)OC(=O)CCC/C=C\C/C=C\C/C=C\C/C=C\C=C\[C@H](O)CC. The van der Waals surface area contributed by atoms with Crippen molar-refractivity contribution in [1.29, 1.82) is 0 Å². The van der Waals surface area contributed by atoms with Gasteiger partial charge in [-0.25, -0.2) is 13.9 Å². The predicted molar refractivity (Wildman–Crippen MR) is 280 cm³/mol. The molecule has 408 valence electrons. The standard InChI is InChI=1S/C52H79N3O16P2/c1-3-5-6-7-8-9-10-11-12-13-14-18-21-24-27-30-33-36-47(57)66-40-44(69-48(58)37-34-31-28-25-22-19-16-15-17-20-23-26-29-32-35-43(56)4-2)41-67-72(62,63)71-73(64,65)68-42-45-49(59)50(60)51(70-45)55-39-38-46(53)54-52(55)61/h8-9,11-12,14,16-20,24-29,32,35,38-39,43-45,49-51,56,59-60H,3-7,10,13,15,21-23,30-31,33-34,36-37,40-42H2,1-2H3,(H,62,63)(H,64,65)(H2,53,54,61)/b9-8-,12-11-,18-14-,19-16-,20-17-,27-24-,28-25-,29-26-,35-32+/t43-,44-,45-,49-,50-,51-/m1/s1. The lowest BCUT2D eigenvalue weighted by molar-refractivity contribution is -0.161. The molecule has 0 amide bonds. The molecule has 19 nitrogen and oxygen atoms in total. The zero-order chi connectivity index (χ0) is 53.6. The van der Waals surface area contributed by atoms with Crippen LogP contribution in [0.1, 0.15) is 129 Å². The lowest BCUT2D eigenvalue weighted by atomic mass is 10.1. The van der Waals surface area contributed by atoms with Crippen LogP contribution >= 0.6 is 15.6 Å². The van der Waals surface area contributed by atoms with E-state index in [1.165, 1.54) is 25.3 Å². The number of esters is 2. The summed E-state index contributed by atoms with van der Waals surface area (Å²) in [5.41, 5.74) is 4.57. The van der Waals surface area contributed by atoms with Crippen LogP contribution in [0.15, 0.2) is 126 Å². The molecule has 0 bridgehead atoms. The van der Waals surface area contributed by atoms with Crippen LogP contribution in [0.5, 0.6) is 0 Å². The number of hydrogen-bond donors (Lipinski definition) is 6. The number of rotatable bonds is 39. The second kappa shape index (κ2) is 38.9. The average molecular weight is 1060 g/mol. The Kier molecular flexibility index (Phi) is 34.4. The van der Waals surface area contributed by atoms with E-state index < -0.39 is 89.8 Å². The van der Waals surface area contributed by atoms with Crippen molar-refractivity contribution in [2.45, 2.75) is 160 Å². The Hall–Kier alpha value is -4.62. The molecule has 1 saturated heterocycles. The van der Waals surface area contributed by atoms with Gasteiger partial charge in [-0.15, -0.1) is 0 Å². The van der Waals surface area contributed by atoms with Crippen molar-refractivity contribution in [2.75, 3.05) is 25.6 Å². The molecule has 0 aromatic carbocycles. The number of nitrogens with zero attached hydrogens (tertiary/aromatic N) is 2. The fraction of sp³-hybridized carbons (Fsp3) is 0.538. The van der Waals surface area contributed by atoms with E-state index in [1.54, 1.807) is 6.08 Å². The summed E-state index contributed by atoms with van der Waals surface area (Å²) in [6.07, 6.45) is 41.4. The van der Waals surface area contributed by atoms with E-state index in [0.717, 1.165) is 49.3 Å². The van der Waals surface area contributed by atoms with Gasteiger partial charge in [0.1, 0.15) is 30.7 Å². The largest absolute Gasteiger partial charge is 0.481 e. The highest BCUT2D eigenvalue weighted by Gasteiger charge is 2.46. The molecular weight excluding hydrogens is 985 g/mol. The molecule has 1 aromatic heterocycles. The predicted octanol–water partition coefficient (Wildman–Crippen LogP) is 9.19. The summed E-state index contributed by atoms with van der Waals surface area (Å²) in [4.78, 5) is 61.8. The van der Waals surface area contributed by atoms with Gasteiger partial charge in [0.2, 0.25) is 0 Å². The summed E-state index contributed by atoms with van der Waals surface area (Å²) >= 11 is 0. The first-order chi connectivity index (χ1) is 35.1. The Morgan fingerprint density at radius 3 is 1.79 bits per heavy atom. The molecular formula is C52H79N3O16P2. The van der Waals surface area contributed by atoms with Crippen LogP contribution in [0.4, 0.5) is 5.82 Å². The molecule has 1 aromatic rings. The van der Waals surface area contributed by atoms with Crippen molar-refractivity contribution < 1.29 is 71.4 Å². The number of carbonyl (C=O) groups is 2. The maximum atomic E-state index is 12.8. The minimum Gasteiger partial charge on any atom is -0.462 e. The first-order valence-electron chi connectivity index (χ1n) is 25.0. The minimum absolute atomic E-state index is 0.0249. The highest BCUT2D eigenvalue weighted by molar-refractivity contribution is 7.61. The number of aliphatic hydroxyl groups excluding tert-OH is 3. The van der Waals surface area contributed by atoms with Crippen LogP contribution < -0.4 is 11.4 Å². The van der Waals surface area contributed by atoms with Gasteiger partial charge in [-0.3, -0.25) is 23.2 Å². The Morgan fingerprint density at radius 1 is 0.726 bits per heavy atom. The highest BCUT2D eigenvalue weighted by Crippen LogP contribution is 2.60. The molecule has 1 aliphatic rings. The zero-order valence-corrected chi connectivity index (χ0v) is 44.0. The molecule has 2 unspecified atom stereocenters. The normalized spacial score (nSPS) is 20.3. The number of hydrogen-bond acceptors (Lipinski definition) is 16. The van der Waals surface area contributed by atoms with Crippen molar-refractivity contribution >= 4 is 33.4 Å². The minimum atomic E-state index is -5.46. The van der Waals surface area contributed by atoms with Crippen LogP contribution in [0.2, 0.25) is 0 Å². The van der Waals surface area contributed by atoms with Crippen LogP contribution in [0.3, 0.4) is 0 Å². The number of aromatic nitrogens is 2. The Labute approximate surface area is 430 Å². The van der Waals surface area contributed by atoms with Gasteiger partial charge in [0.25, 0.3) is 0 Å². The fourth-order valence-electron chi connectivity index (χ4n) is 6.47. The smallest absolute Gasteiger partial charge is 0.462 e. The summed E-state index contributed by atoms with van der Waals surface area (Å²) in [5, 5.41) is 30.4. The second-order valence-electron chi connectivity index (χ2n) is 16.8. The average Bonchev–Trinajstić information content (AvgIpc) is 3.63. The van der Waals surface area contributed by atoms with Gasteiger partial charge in [0.15, 0.2) is 12.3 Å². The molecule has 0 saturated carbocycles. The van der Waals surface area contributed by atoms with E-state index in [4.69, 9.17) is 29.0 Å². The summed E-state index contributed by atoms with van der Waals surface area (Å²) in [6.45, 7) is 1.66.